The molecule has 1 N–H and O–H groups in total. The first kappa shape index (κ1) is 18.1. The number of fused-ring (bicyclic) bond motifs is 3. The summed E-state index contributed by atoms with van der Waals surface area (Å²) in [6.07, 6.45) is 1.06. The van der Waals surface area contributed by atoms with E-state index in [4.69, 9.17) is 9.47 Å². The molecule has 0 unspecified atom stereocenters. The van der Waals surface area contributed by atoms with Crippen LogP contribution in [0.15, 0.2) is 23.5 Å². The molecule has 3 saturated carbocycles. The topological polar surface area (TPSA) is 89.9 Å². The third kappa shape index (κ3) is 1.73. The van der Waals surface area contributed by atoms with Gasteiger partial charge >= 0.3 is 5.97 Å². The Balaban J connectivity index is 1.80. The Hall–Kier alpha value is -1.95. The number of allylic oxidation sites excluding steroid dienone is 1. The van der Waals surface area contributed by atoms with Gasteiger partial charge in [0.15, 0.2) is 5.76 Å². The highest BCUT2D eigenvalue weighted by Crippen LogP contribution is 2.71. The summed E-state index contributed by atoms with van der Waals surface area (Å²) < 4.78 is 11.7. The first-order valence-corrected chi connectivity index (χ1v) is 10.1. The van der Waals surface area contributed by atoms with E-state index in [1.165, 1.54) is 6.92 Å². The van der Waals surface area contributed by atoms with E-state index >= 15 is 0 Å². The van der Waals surface area contributed by atoms with Gasteiger partial charge in [0.25, 0.3) is 0 Å². The Morgan fingerprint density at radius 3 is 2.64 bits per heavy atom. The zero-order chi connectivity index (χ0) is 20.2. The summed E-state index contributed by atoms with van der Waals surface area (Å²) in [4.78, 5) is 39.0. The maximum atomic E-state index is 13.7. The molecule has 28 heavy (non-hydrogen) atoms. The maximum absolute atomic E-state index is 13.7. The summed E-state index contributed by atoms with van der Waals surface area (Å²) in [6.45, 7) is 9.53. The van der Waals surface area contributed by atoms with Gasteiger partial charge in [-0.15, -0.1) is 0 Å². The standard InChI is InChI=1S/C22H26O6/c1-10-12-5-6-13-21(8-12,19(10)28-11(2)23)18(26)16(25)17-20(3,4)15-7-14(24)22(13,17)9-27-15/h12-13,15,19,25H,1,5-9H2,2-4H3/t12-,13+,15+,19+,21+,22+/m0/s1. The van der Waals surface area contributed by atoms with E-state index < -0.39 is 28.3 Å². The zero-order valence-electron chi connectivity index (χ0n) is 16.5. The fraction of sp³-hybridized carbons (Fsp3) is 0.682. The van der Waals surface area contributed by atoms with Crippen molar-refractivity contribution < 1.29 is 29.0 Å². The first-order chi connectivity index (χ1) is 13.1. The lowest BCUT2D eigenvalue weighted by molar-refractivity contribution is -0.201. The third-order valence-electron chi connectivity index (χ3n) is 8.37. The number of aliphatic hydroxyl groups excluding tert-OH is 1. The lowest BCUT2D eigenvalue weighted by Gasteiger charge is -2.63. The van der Waals surface area contributed by atoms with Gasteiger partial charge in [-0.25, -0.2) is 0 Å². The maximum Gasteiger partial charge on any atom is 0.303 e. The molecule has 6 rings (SSSR count). The molecular weight excluding hydrogens is 360 g/mol. The Kier molecular flexibility index (Phi) is 3.33. The highest BCUT2D eigenvalue weighted by atomic mass is 16.5. The van der Waals surface area contributed by atoms with Gasteiger partial charge in [-0.1, -0.05) is 20.4 Å². The number of aliphatic hydroxyl groups is 1. The van der Waals surface area contributed by atoms with E-state index in [2.05, 4.69) is 6.58 Å². The van der Waals surface area contributed by atoms with Crippen molar-refractivity contribution in [3.05, 3.63) is 23.5 Å². The van der Waals surface area contributed by atoms with Crippen molar-refractivity contribution in [1.29, 1.82) is 0 Å². The second-order valence-electron chi connectivity index (χ2n) is 9.81. The molecule has 0 aromatic rings. The van der Waals surface area contributed by atoms with E-state index in [9.17, 15) is 19.5 Å². The van der Waals surface area contributed by atoms with Crippen molar-refractivity contribution in [2.24, 2.45) is 28.1 Å². The predicted molar refractivity (Wildman–Crippen MR) is 98.2 cm³/mol. The predicted octanol–water partition coefficient (Wildman–Crippen LogP) is 2.67. The minimum atomic E-state index is -1.13. The van der Waals surface area contributed by atoms with Gasteiger partial charge in [0.2, 0.25) is 5.78 Å². The van der Waals surface area contributed by atoms with E-state index in [0.717, 1.165) is 12.0 Å². The Morgan fingerprint density at radius 1 is 1.29 bits per heavy atom. The van der Waals surface area contributed by atoms with Crippen LogP contribution in [0.3, 0.4) is 0 Å². The molecule has 2 aliphatic heterocycles. The van der Waals surface area contributed by atoms with Gasteiger partial charge in [-0.05, 0) is 42.2 Å². The molecule has 0 radical (unpaired) electrons. The molecule has 0 aromatic carbocycles. The lowest BCUT2D eigenvalue weighted by atomic mass is 9.41. The fourth-order valence-electron chi connectivity index (χ4n) is 7.28. The third-order valence-corrected chi connectivity index (χ3v) is 8.37. The molecule has 2 saturated heterocycles. The first-order valence-electron chi connectivity index (χ1n) is 10.1. The average Bonchev–Trinajstić information content (AvgIpc) is 2.82. The van der Waals surface area contributed by atoms with Crippen molar-refractivity contribution >= 4 is 17.5 Å². The summed E-state index contributed by atoms with van der Waals surface area (Å²) in [5, 5.41) is 11.2. The molecule has 2 spiro atoms. The summed E-state index contributed by atoms with van der Waals surface area (Å²) in [5.41, 5.74) is -1.47. The molecule has 6 aliphatic rings. The van der Waals surface area contributed by atoms with Gasteiger partial charge in [-0.2, -0.15) is 0 Å². The fourth-order valence-corrected chi connectivity index (χ4v) is 7.28. The number of ether oxygens (including phenoxy) is 2. The van der Waals surface area contributed by atoms with Crippen LogP contribution in [-0.4, -0.2) is 41.5 Å². The SMILES string of the molecule is C=C1[C@H]2CC[C@H]3[C@]45CO[C@H](CC4=O)C(C)(C)C5=C(O)C(=O)[C@]3(C2)[C@@H]1OC(C)=O. The zero-order valence-corrected chi connectivity index (χ0v) is 16.5. The minimum Gasteiger partial charge on any atom is -0.504 e. The number of ketones is 2. The Labute approximate surface area is 164 Å². The van der Waals surface area contributed by atoms with Crippen molar-refractivity contribution in [1.82, 2.24) is 0 Å². The molecule has 0 amide bonds. The number of carbonyl (C=O) groups is 3. The molecule has 6 nitrogen and oxygen atoms in total. The molecule has 6 atom stereocenters. The molecule has 150 valence electrons. The van der Waals surface area contributed by atoms with Crippen LogP contribution in [0.4, 0.5) is 0 Å². The second-order valence-corrected chi connectivity index (χ2v) is 9.81. The monoisotopic (exact) mass is 386 g/mol. The highest BCUT2D eigenvalue weighted by molar-refractivity contribution is 6.06. The number of hydrogen-bond acceptors (Lipinski definition) is 6. The van der Waals surface area contributed by atoms with Crippen molar-refractivity contribution in [2.75, 3.05) is 6.61 Å². The van der Waals surface area contributed by atoms with Crippen LogP contribution in [0, 0.1) is 28.1 Å². The molecule has 4 aliphatic carbocycles. The van der Waals surface area contributed by atoms with Gasteiger partial charge in [0, 0.05) is 18.8 Å². The van der Waals surface area contributed by atoms with E-state index in [0.29, 0.717) is 18.4 Å². The smallest absolute Gasteiger partial charge is 0.303 e. The lowest BCUT2D eigenvalue weighted by Crippen LogP contribution is -2.70. The van der Waals surface area contributed by atoms with Gasteiger partial charge < -0.3 is 14.6 Å². The van der Waals surface area contributed by atoms with E-state index in [-0.39, 0.29) is 48.3 Å². The van der Waals surface area contributed by atoms with Gasteiger partial charge in [0.05, 0.1) is 23.5 Å². The van der Waals surface area contributed by atoms with Gasteiger partial charge in [-0.3, -0.25) is 14.4 Å². The summed E-state index contributed by atoms with van der Waals surface area (Å²) in [7, 11) is 0. The number of esters is 1. The van der Waals surface area contributed by atoms with Crippen LogP contribution in [-0.2, 0) is 23.9 Å². The van der Waals surface area contributed by atoms with Gasteiger partial charge in [0.1, 0.15) is 11.9 Å². The van der Waals surface area contributed by atoms with Crippen LogP contribution >= 0.6 is 0 Å². The summed E-state index contributed by atoms with van der Waals surface area (Å²) in [5.74, 6) is -1.44. The molecule has 4 bridgehead atoms. The number of rotatable bonds is 1. The number of Topliss-reactive ketones (excluding diaryl/α,β-unsaturated/α-hetero) is 2. The summed E-state index contributed by atoms with van der Waals surface area (Å²) in [6, 6.07) is 0. The Morgan fingerprint density at radius 2 is 2.00 bits per heavy atom. The van der Waals surface area contributed by atoms with Crippen LogP contribution in [0.1, 0.15) is 46.5 Å². The van der Waals surface area contributed by atoms with Crippen molar-refractivity contribution in [3.8, 4) is 0 Å². The largest absolute Gasteiger partial charge is 0.504 e. The molecular formula is C22H26O6. The van der Waals surface area contributed by atoms with E-state index in [1.807, 2.05) is 13.8 Å². The second kappa shape index (κ2) is 5.15. The average molecular weight is 386 g/mol. The highest BCUT2D eigenvalue weighted by Gasteiger charge is 2.76. The molecule has 0 aromatic heterocycles. The van der Waals surface area contributed by atoms with Crippen LogP contribution < -0.4 is 0 Å². The number of carbonyl (C=O) groups excluding carboxylic acids is 3. The van der Waals surface area contributed by atoms with Crippen LogP contribution in [0.5, 0.6) is 0 Å². The van der Waals surface area contributed by atoms with Crippen LogP contribution in [0.2, 0.25) is 0 Å². The van der Waals surface area contributed by atoms with Crippen molar-refractivity contribution in [2.45, 2.75) is 58.7 Å². The number of hydrogen-bond donors (Lipinski definition) is 1. The molecule has 5 fully saturated rings. The van der Waals surface area contributed by atoms with Crippen LogP contribution in [0.25, 0.3) is 0 Å². The quantitative estimate of drug-likeness (QED) is 0.550. The molecule has 6 heteroatoms. The normalized spacial score (nSPS) is 45.8. The minimum absolute atomic E-state index is 0.0408. The molecule has 2 heterocycles. The van der Waals surface area contributed by atoms with Crippen molar-refractivity contribution in [3.63, 3.8) is 0 Å². The van der Waals surface area contributed by atoms with E-state index in [1.54, 1.807) is 0 Å². The summed E-state index contributed by atoms with van der Waals surface area (Å²) >= 11 is 0. The Bertz CT molecular complexity index is 881.